The normalized spacial score (nSPS) is 20.1. The third-order valence-electron chi connectivity index (χ3n) is 2.68. The summed E-state index contributed by atoms with van der Waals surface area (Å²) in [6.07, 6.45) is 1.32. The monoisotopic (exact) mass is 231 g/mol. The Kier molecular flexibility index (Phi) is 3.57. The van der Waals surface area contributed by atoms with Gasteiger partial charge in [0.25, 0.3) is 0 Å². The number of nitrogens with zero attached hydrogens (tertiary/aromatic N) is 1. The van der Waals surface area contributed by atoms with Crippen LogP contribution in [0.4, 0.5) is 0 Å². The topological polar surface area (TPSA) is 38.7 Å². The van der Waals surface area contributed by atoms with Crippen LogP contribution in [0.1, 0.15) is 32.3 Å². The van der Waals surface area contributed by atoms with Gasteiger partial charge in [0.05, 0.1) is 12.5 Å². The number of carbonyl (C=O) groups excluding carboxylic acids is 1. The number of ether oxygens (including phenoxy) is 1. The zero-order valence-electron chi connectivity index (χ0n) is 10.2. The predicted molar refractivity (Wildman–Crippen MR) is 66.9 cm³/mol. The van der Waals surface area contributed by atoms with Gasteiger partial charge in [0.2, 0.25) is 5.90 Å². The summed E-state index contributed by atoms with van der Waals surface area (Å²) >= 11 is 0. The summed E-state index contributed by atoms with van der Waals surface area (Å²) in [6.45, 7) is 4.27. The largest absolute Gasteiger partial charge is 0.407 e. The maximum atomic E-state index is 11.5. The molecule has 2 rings (SSSR count). The molecule has 0 radical (unpaired) electrons. The predicted octanol–water partition coefficient (Wildman–Crippen LogP) is 2.79. The van der Waals surface area contributed by atoms with Gasteiger partial charge in [0, 0.05) is 5.56 Å². The number of hydrogen-bond acceptors (Lipinski definition) is 3. The third kappa shape index (κ3) is 3.16. The molecule has 0 saturated heterocycles. The number of benzene rings is 1. The Hall–Kier alpha value is -1.64. The minimum atomic E-state index is -0.176. The van der Waals surface area contributed by atoms with E-state index in [2.05, 4.69) is 18.8 Å². The summed E-state index contributed by atoms with van der Waals surface area (Å²) in [4.78, 5) is 16.1. The molecule has 0 fully saturated rings. The lowest BCUT2D eigenvalue weighted by Crippen LogP contribution is -2.27. The van der Waals surface area contributed by atoms with Crippen LogP contribution in [-0.2, 0) is 9.53 Å². The summed E-state index contributed by atoms with van der Waals surface area (Å²) in [5.74, 6) is 0.823. The van der Waals surface area contributed by atoms with Gasteiger partial charge in [0.15, 0.2) is 0 Å². The fourth-order valence-corrected chi connectivity index (χ4v) is 1.97. The van der Waals surface area contributed by atoms with Crippen LogP contribution in [0, 0.1) is 5.92 Å². The summed E-state index contributed by atoms with van der Waals surface area (Å²) in [6, 6.07) is 9.63. The highest BCUT2D eigenvalue weighted by Gasteiger charge is 2.24. The van der Waals surface area contributed by atoms with Gasteiger partial charge in [0.1, 0.15) is 0 Å². The smallest absolute Gasteiger partial charge is 0.314 e. The van der Waals surface area contributed by atoms with E-state index >= 15 is 0 Å². The van der Waals surface area contributed by atoms with Crippen molar-refractivity contribution in [1.82, 2.24) is 0 Å². The second kappa shape index (κ2) is 5.13. The van der Waals surface area contributed by atoms with E-state index in [0.717, 1.165) is 12.0 Å². The van der Waals surface area contributed by atoms with E-state index in [0.29, 0.717) is 18.2 Å². The van der Waals surface area contributed by atoms with E-state index in [4.69, 9.17) is 4.74 Å². The number of aliphatic imine (C=N–C) groups is 1. The highest BCUT2D eigenvalue weighted by Crippen LogP contribution is 2.19. The van der Waals surface area contributed by atoms with Crippen LogP contribution < -0.4 is 0 Å². The number of cyclic esters (lactones) is 1. The van der Waals surface area contributed by atoms with Crippen molar-refractivity contribution in [2.24, 2.45) is 10.9 Å². The van der Waals surface area contributed by atoms with Crippen LogP contribution >= 0.6 is 0 Å². The molecule has 17 heavy (non-hydrogen) atoms. The lowest BCUT2D eigenvalue weighted by molar-refractivity contribution is -0.136. The number of rotatable bonds is 3. The molecule has 90 valence electrons. The molecule has 0 saturated carbocycles. The second-order valence-electron chi connectivity index (χ2n) is 4.76. The molecular formula is C14H17NO2. The van der Waals surface area contributed by atoms with Crippen molar-refractivity contribution in [3.63, 3.8) is 0 Å². The van der Waals surface area contributed by atoms with Crippen LogP contribution in [0.3, 0.4) is 0 Å². The molecule has 0 amide bonds. The van der Waals surface area contributed by atoms with E-state index in [1.807, 2.05) is 30.3 Å². The van der Waals surface area contributed by atoms with Gasteiger partial charge >= 0.3 is 5.97 Å². The van der Waals surface area contributed by atoms with Crippen molar-refractivity contribution < 1.29 is 9.53 Å². The molecule has 1 aliphatic rings. The SMILES string of the molecule is CC(C)C[C@@H]1CC(=O)OC(c2ccccc2)=N1. The van der Waals surface area contributed by atoms with E-state index in [9.17, 15) is 4.79 Å². The first kappa shape index (κ1) is 11.8. The maximum Gasteiger partial charge on any atom is 0.314 e. The maximum absolute atomic E-state index is 11.5. The third-order valence-corrected chi connectivity index (χ3v) is 2.68. The molecule has 0 spiro atoms. The molecule has 0 aromatic heterocycles. The second-order valence-corrected chi connectivity index (χ2v) is 4.76. The summed E-state index contributed by atoms with van der Waals surface area (Å²) in [5.41, 5.74) is 0.870. The van der Waals surface area contributed by atoms with Gasteiger partial charge in [-0.15, -0.1) is 0 Å². The van der Waals surface area contributed by atoms with Gasteiger partial charge in [-0.25, -0.2) is 4.99 Å². The lowest BCUT2D eigenvalue weighted by Gasteiger charge is -2.21. The van der Waals surface area contributed by atoms with E-state index in [1.165, 1.54) is 0 Å². The van der Waals surface area contributed by atoms with Crippen molar-refractivity contribution in [2.45, 2.75) is 32.7 Å². The highest BCUT2D eigenvalue weighted by molar-refractivity contribution is 6.02. The molecule has 1 heterocycles. The molecule has 1 aliphatic heterocycles. The first-order chi connectivity index (χ1) is 8.15. The Labute approximate surface area is 102 Å². The van der Waals surface area contributed by atoms with Crippen LogP contribution in [0.25, 0.3) is 0 Å². The van der Waals surface area contributed by atoms with Crippen LogP contribution in [0.15, 0.2) is 35.3 Å². The van der Waals surface area contributed by atoms with Crippen molar-refractivity contribution >= 4 is 11.9 Å². The molecule has 0 N–H and O–H groups in total. The molecule has 3 nitrogen and oxygen atoms in total. The molecule has 1 aromatic rings. The zero-order chi connectivity index (χ0) is 12.3. The zero-order valence-corrected chi connectivity index (χ0v) is 10.2. The fourth-order valence-electron chi connectivity index (χ4n) is 1.97. The van der Waals surface area contributed by atoms with Crippen molar-refractivity contribution in [3.8, 4) is 0 Å². The summed E-state index contributed by atoms with van der Waals surface area (Å²) in [5, 5.41) is 0. The van der Waals surface area contributed by atoms with Crippen molar-refractivity contribution in [3.05, 3.63) is 35.9 Å². The minimum Gasteiger partial charge on any atom is -0.407 e. The molecule has 3 heteroatoms. The average Bonchev–Trinajstić information content (AvgIpc) is 2.28. The fraction of sp³-hybridized carbons (Fsp3) is 0.429. The first-order valence-electron chi connectivity index (χ1n) is 5.99. The summed E-state index contributed by atoms with van der Waals surface area (Å²) < 4.78 is 5.20. The Morgan fingerprint density at radius 1 is 1.35 bits per heavy atom. The van der Waals surface area contributed by atoms with Crippen molar-refractivity contribution in [1.29, 1.82) is 0 Å². The molecule has 0 aliphatic carbocycles. The summed E-state index contributed by atoms with van der Waals surface area (Å²) in [7, 11) is 0. The number of carbonyl (C=O) groups is 1. The first-order valence-corrected chi connectivity index (χ1v) is 5.99. The molecule has 0 bridgehead atoms. The van der Waals surface area contributed by atoms with Gasteiger partial charge in [-0.2, -0.15) is 0 Å². The van der Waals surface area contributed by atoms with E-state index in [1.54, 1.807) is 0 Å². The van der Waals surface area contributed by atoms with Gasteiger partial charge < -0.3 is 4.74 Å². The Morgan fingerprint density at radius 3 is 2.71 bits per heavy atom. The van der Waals surface area contributed by atoms with Gasteiger partial charge in [-0.05, 0) is 24.5 Å². The Bertz CT molecular complexity index is 423. The van der Waals surface area contributed by atoms with Gasteiger partial charge in [-0.1, -0.05) is 32.0 Å². The molecule has 0 unspecified atom stereocenters. The van der Waals surface area contributed by atoms with Crippen LogP contribution in [-0.4, -0.2) is 17.9 Å². The Morgan fingerprint density at radius 2 is 2.06 bits per heavy atom. The van der Waals surface area contributed by atoms with Crippen LogP contribution in [0.5, 0.6) is 0 Å². The van der Waals surface area contributed by atoms with Crippen LogP contribution in [0.2, 0.25) is 0 Å². The van der Waals surface area contributed by atoms with Crippen molar-refractivity contribution in [2.75, 3.05) is 0 Å². The highest BCUT2D eigenvalue weighted by atomic mass is 16.5. The molecule has 1 atom stereocenters. The molecule has 1 aromatic carbocycles. The number of hydrogen-bond donors (Lipinski definition) is 0. The van der Waals surface area contributed by atoms with Gasteiger partial charge in [-0.3, -0.25) is 4.79 Å². The van der Waals surface area contributed by atoms with E-state index in [-0.39, 0.29) is 12.0 Å². The standard InChI is InChI=1S/C14H17NO2/c1-10(2)8-12-9-13(16)17-14(15-12)11-6-4-3-5-7-11/h3-7,10,12H,8-9H2,1-2H3/t12-/m1/s1. The Balaban J connectivity index is 2.21. The molecular weight excluding hydrogens is 214 g/mol. The minimum absolute atomic E-state index is 0.0615. The average molecular weight is 231 g/mol. The quantitative estimate of drug-likeness (QED) is 0.750. The van der Waals surface area contributed by atoms with E-state index < -0.39 is 0 Å². The lowest BCUT2D eigenvalue weighted by atomic mass is 10.0. The number of esters is 1.